The Labute approximate surface area is 87.9 Å². The standard InChI is InChI=1S/C11H13NO3/c1-8-2-4-9(5-3-8)10(12-15)6-7-11(13)14/h2-5,15H,6-7H2,1H3,(H,13,14). The molecule has 15 heavy (non-hydrogen) atoms. The Morgan fingerprint density at radius 2 is 1.87 bits per heavy atom. The highest BCUT2D eigenvalue weighted by molar-refractivity contribution is 6.01. The quantitative estimate of drug-likeness (QED) is 0.451. The number of nitrogens with zero attached hydrogens (tertiary/aromatic N) is 1. The summed E-state index contributed by atoms with van der Waals surface area (Å²) < 4.78 is 0. The smallest absolute Gasteiger partial charge is 0.303 e. The summed E-state index contributed by atoms with van der Waals surface area (Å²) in [5.41, 5.74) is 2.26. The van der Waals surface area contributed by atoms with Gasteiger partial charge in [-0.25, -0.2) is 0 Å². The van der Waals surface area contributed by atoms with Crippen LogP contribution in [0.5, 0.6) is 0 Å². The minimum Gasteiger partial charge on any atom is -0.481 e. The zero-order chi connectivity index (χ0) is 11.3. The normalized spacial score (nSPS) is 11.4. The summed E-state index contributed by atoms with van der Waals surface area (Å²) in [6, 6.07) is 7.40. The second-order valence-electron chi connectivity index (χ2n) is 3.31. The van der Waals surface area contributed by atoms with Crippen molar-refractivity contribution in [2.45, 2.75) is 19.8 Å². The van der Waals surface area contributed by atoms with E-state index < -0.39 is 5.97 Å². The van der Waals surface area contributed by atoms with Crippen LogP contribution in [0.15, 0.2) is 29.4 Å². The van der Waals surface area contributed by atoms with Gasteiger partial charge in [0.05, 0.1) is 12.1 Å². The molecular weight excluding hydrogens is 194 g/mol. The molecule has 1 aromatic rings. The van der Waals surface area contributed by atoms with E-state index in [1.807, 2.05) is 31.2 Å². The van der Waals surface area contributed by atoms with Crippen LogP contribution >= 0.6 is 0 Å². The molecule has 0 saturated carbocycles. The maximum Gasteiger partial charge on any atom is 0.303 e. The van der Waals surface area contributed by atoms with Crippen LogP contribution in [0.1, 0.15) is 24.0 Å². The van der Waals surface area contributed by atoms with E-state index in [-0.39, 0.29) is 12.8 Å². The van der Waals surface area contributed by atoms with Gasteiger partial charge in [-0.1, -0.05) is 35.0 Å². The molecule has 4 nitrogen and oxygen atoms in total. The molecule has 80 valence electrons. The number of aryl methyl sites for hydroxylation is 1. The molecule has 0 saturated heterocycles. The molecule has 0 bridgehead atoms. The van der Waals surface area contributed by atoms with Crippen LogP contribution < -0.4 is 0 Å². The summed E-state index contributed by atoms with van der Waals surface area (Å²) in [6.45, 7) is 1.96. The van der Waals surface area contributed by atoms with Gasteiger partial charge in [-0.2, -0.15) is 0 Å². The molecule has 2 N–H and O–H groups in total. The molecule has 0 fully saturated rings. The monoisotopic (exact) mass is 207 g/mol. The second kappa shape index (κ2) is 5.14. The summed E-state index contributed by atoms with van der Waals surface area (Å²) in [7, 11) is 0. The third kappa shape index (κ3) is 3.42. The van der Waals surface area contributed by atoms with Gasteiger partial charge in [0.1, 0.15) is 0 Å². The van der Waals surface area contributed by atoms with E-state index in [1.54, 1.807) is 0 Å². The molecule has 1 aromatic carbocycles. The molecule has 0 heterocycles. The Morgan fingerprint density at radius 3 is 2.33 bits per heavy atom. The molecule has 0 spiro atoms. The number of oxime groups is 1. The van der Waals surface area contributed by atoms with Gasteiger partial charge in [0.15, 0.2) is 0 Å². The van der Waals surface area contributed by atoms with E-state index in [0.717, 1.165) is 11.1 Å². The minimum atomic E-state index is -0.900. The summed E-state index contributed by atoms with van der Waals surface area (Å²) in [6.07, 6.45) is 0.197. The minimum absolute atomic E-state index is 0.0345. The number of rotatable bonds is 4. The van der Waals surface area contributed by atoms with Crippen molar-refractivity contribution in [3.63, 3.8) is 0 Å². The number of benzene rings is 1. The highest BCUT2D eigenvalue weighted by Crippen LogP contribution is 2.08. The van der Waals surface area contributed by atoms with Gasteiger partial charge in [0, 0.05) is 6.42 Å². The lowest BCUT2D eigenvalue weighted by Gasteiger charge is -2.03. The average molecular weight is 207 g/mol. The largest absolute Gasteiger partial charge is 0.481 e. The van der Waals surface area contributed by atoms with E-state index in [1.165, 1.54) is 0 Å². The van der Waals surface area contributed by atoms with Crippen LogP contribution in [-0.2, 0) is 4.79 Å². The molecular formula is C11H13NO3. The third-order valence-corrected chi connectivity index (χ3v) is 2.08. The first kappa shape index (κ1) is 11.2. The predicted molar refractivity (Wildman–Crippen MR) is 56.4 cm³/mol. The van der Waals surface area contributed by atoms with Crippen LogP contribution in [0.4, 0.5) is 0 Å². The number of carbonyl (C=O) groups is 1. The zero-order valence-corrected chi connectivity index (χ0v) is 8.47. The Kier molecular flexibility index (Phi) is 3.85. The van der Waals surface area contributed by atoms with Crippen LogP contribution in [-0.4, -0.2) is 22.0 Å². The molecule has 0 unspecified atom stereocenters. The number of carboxylic acids is 1. The van der Waals surface area contributed by atoms with Crippen LogP contribution in [0.2, 0.25) is 0 Å². The maximum absolute atomic E-state index is 10.4. The molecule has 0 aliphatic carbocycles. The molecule has 0 aliphatic heterocycles. The molecule has 0 atom stereocenters. The van der Waals surface area contributed by atoms with Crippen LogP contribution in [0.3, 0.4) is 0 Å². The summed E-state index contributed by atoms with van der Waals surface area (Å²) in [5.74, 6) is -0.900. The molecule has 0 aliphatic rings. The van der Waals surface area contributed by atoms with Gasteiger partial charge in [-0.3, -0.25) is 4.79 Å². The second-order valence-corrected chi connectivity index (χ2v) is 3.31. The fourth-order valence-corrected chi connectivity index (χ4v) is 1.22. The van der Waals surface area contributed by atoms with Crippen molar-refractivity contribution < 1.29 is 15.1 Å². The maximum atomic E-state index is 10.4. The van der Waals surface area contributed by atoms with Crippen molar-refractivity contribution >= 4 is 11.7 Å². The van der Waals surface area contributed by atoms with E-state index in [2.05, 4.69) is 5.16 Å². The molecule has 1 rings (SSSR count). The lowest BCUT2D eigenvalue weighted by Crippen LogP contribution is -2.05. The first-order chi connectivity index (χ1) is 7.13. The number of aliphatic carboxylic acids is 1. The molecule has 4 heteroatoms. The SMILES string of the molecule is Cc1ccc(C(CCC(=O)O)=NO)cc1. The highest BCUT2D eigenvalue weighted by atomic mass is 16.4. The van der Waals surface area contributed by atoms with Crippen molar-refractivity contribution in [1.82, 2.24) is 0 Å². The fourth-order valence-electron chi connectivity index (χ4n) is 1.22. The molecule has 0 amide bonds. The lowest BCUT2D eigenvalue weighted by molar-refractivity contribution is -0.136. The van der Waals surface area contributed by atoms with Crippen molar-refractivity contribution in [2.24, 2.45) is 5.16 Å². The Balaban J connectivity index is 2.75. The number of carboxylic acid groups (broad SMARTS) is 1. The molecule has 0 aromatic heterocycles. The van der Waals surface area contributed by atoms with Crippen molar-refractivity contribution in [1.29, 1.82) is 0 Å². The summed E-state index contributed by atoms with van der Waals surface area (Å²) >= 11 is 0. The first-order valence-electron chi connectivity index (χ1n) is 4.63. The van der Waals surface area contributed by atoms with E-state index >= 15 is 0 Å². The average Bonchev–Trinajstić information content (AvgIpc) is 2.21. The van der Waals surface area contributed by atoms with Gasteiger partial charge < -0.3 is 10.3 Å². The van der Waals surface area contributed by atoms with Gasteiger partial charge in [0.25, 0.3) is 0 Å². The zero-order valence-electron chi connectivity index (χ0n) is 8.47. The molecule has 0 radical (unpaired) electrons. The van der Waals surface area contributed by atoms with Crippen LogP contribution in [0, 0.1) is 6.92 Å². The lowest BCUT2D eigenvalue weighted by atomic mass is 10.0. The number of hydrogen-bond donors (Lipinski definition) is 2. The van der Waals surface area contributed by atoms with Gasteiger partial charge in [-0.15, -0.1) is 0 Å². The number of hydrogen-bond acceptors (Lipinski definition) is 3. The Hall–Kier alpha value is -1.84. The van der Waals surface area contributed by atoms with Crippen molar-refractivity contribution in [3.05, 3.63) is 35.4 Å². The summed E-state index contributed by atoms with van der Waals surface area (Å²) in [5, 5.41) is 20.4. The first-order valence-corrected chi connectivity index (χ1v) is 4.63. The summed E-state index contributed by atoms with van der Waals surface area (Å²) in [4.78, 5) is 10.4. The van der Waals surface area contributed by atoms with E-state index in [0.29, 0.717) is 5.71 Å². The topological polar surface area (TPSA) is 69.9 Å². The third-order valence-electron chi connectivity index (χ3n) is 2.08. The van der Waals surface area contributed by atoms with Crippen molar-refractivity contribution in [2.75, 3.05) is 0 Å². The van der Waals surface area contributed by atoms with Crippen LogP contribution in [0.25, 0.3) is 0 Å². The van der Waals surface area contributed by atoms with Gasteiger partial charge in [-0.05, 0) is 12.5 Å². The van der Waals surface area contributed by atoms with E-state index in [4.69, 9.17) is 10.3 Å². The Bertz CT molecular complexity index is 368. The van der Waals surface area contributed by atoms with Gasteiger partial charge in [0.2, 0.25) is 0 Å². The highest BCUT2D eigenvalue weighted by Gasteiger charge is 2.06. The Morgan fingerprint density at radius 1 is 1.27 bits per heavy atom. The van der Waals surface area contributed by atoms with Crippen molar-refractivity contribution in [3.8, 4) is 0 Å². The van der Waals surface area contributed by atoms with Gasteiger partial charge >= 0.3 is 5.97 Å². The fraction of sp³-hybridized carbons (Fsp3) is 0.273. The predicted octanol–water partition coefficient (Wildman–Crippen LogP) is 2.04. The van der Waals surface area contributed by atoms with E-state index in [9.17, 15) is 4.79 Å².